The molecule has 0 unspecified atom stereocenters. The predicted molar refractivity (Wildman–Crippen MR) is 121 cm³/mol. The van der Waals surface area contributed by atoms with Gasteiger partial charge < -0.3 is 14.9 Å². The number of hydrogen-bond donors (Lipinski definition) is 2. The number of aliphatic hydroxyl groups is 2. The summed E-state index contributed by atoms with van der Waals surface area (Å²) >= 11 is 0. The molecule has 2 rings (SSSR count). The van der Waals surface area contributed by atoms with E-state index in [9.17, 15) is 10.2 Å². The number of hydrogen-bond acceptors (Lipinski definition) is 3. The van der Waals surface area contributed by atoms with Crippen molar-refractivity contribution in [1.29, 1.82) is 0 Å². The van der Waals surface area contributed by atoms with Crippen LogP contribution in [0.5, 0.6) is 5.75 Å². The minimum absolute atomic E-state index is 0.0222. The number of benzene rings is 2. The van der Waals surface area contributed by atoms with Crippen LogP contribution in [-0.4, -0.2) is 15.8 Å². The van der Waals surface area contributed by atoms with E-state index in [1.54, 1.807) is 0 Å². The zero-order chi connectivity index (χ0) is 21.3. The standard InChI is InChI=1S/C26H36O3/c1-5-22(12-9-15-26(28,6-2)7-3)23-11-8-10-21(16-23)19-29-25-14-13-20(4)24(17-25)18-27/h8,10-14,16-17,27-28H,5-7,9,15,18-19H2,1-4H3. The first-order chi connectivity index (χ1) is 13.9. The number of aliphatic hydroxyl groups excluding tert-OH is 1. The van der Waals surface area contributed by atoms with Crippen LogP contribution in [-0.2, 0) is 13.2 Å². The van der Waals surface area contributed by atoms with E-state index in [1.807, 2.05) is 25.1 Å². The molecule has 0 saturated carbocycles. The molecule has 0 bridgehead atoms. The molecule has 0 saturated heterocycles. The molecule has 29 heavy (non-hydrogen) atoms. The molecule has 0 spiro atoms. The van der Waals surface area contributed by atoms with E-state index in [1.165, 1.54) is 11.1 Å². The van der Waals surface area contributed by atoms with Crippen LogP contribution in [0.25, 0.3) is 5.57 Å². The predicted octanol–water partition coefficient (Wildman–Crippen LogP) is 6.19. The molecular formula is C26H36O3. The Morgan fingerprint density at radius 3 is 2.48 bits per heavy atom. The van der Waals surface area contributed by atoms with E-state index >= 15 is 0 Å². The Kier molecular flexibility index (Phi) is 8.94. The summed E-state index contributed by atoms with van der Waals surface area (Å²) in [5.41, 5.74) is 5.05. The first kappa shape index (κ1) is 23.2. The molecule has 0 heterocycles. The van der Waals surface area contributed by atoms with Crippen molar-refractivity contribution in [1.82, 2.24) is 0 Å². The topological polar surface area (TPSA) is 49.7 Å². The van der Waals surface area contributed by atoms with Crippen LogP contribution in [0.15, 0.2) is 48.5 Å². The lowest BCUT2D eigenvalue weighted by Crippen LogP contribution is -2.25. The van der Waals surface area contributed by atoms with Crippen molar-refractivity contribution in [3.05, 3.63) is 70.8 Å². The van der Waals surface area contributed by atoms with Crippen molar-refractivity contribution in [2.45, 2.75) is 78.6 Å². The van der Waals surface area contributed by atoms with E-state index < -0.39 is 5.60 Å². The van der Waals surface area contributed by atoms with Crippen LogP contribution in [0.2, 0.25) is 0 Å². The Bertz CT molecular complexity index is 803. The molecule has 0 atom stereocenters. The second kappa shape index (κ2) is 11.2. The van der Waals surface area contributed by atoms with Crippen LogP contribution >= 0.6 is 0 Å². The van der Waals surface area contributed by atoms with Crippen LogP contribution in [0.1, 0.15) is 75.1 Å². The van der Waals surface area contributed by atoms with Gasteiger partial charge >= 0.3 is 0 Å². The van der Waals surface area contributed by atoms with Gasteiger partial charge in [0.15, 0.2) is 0 Å². The largest absolute Gasteiger partial charge is 0.489 e. The van der Waals surface area contributed by atoms with Crippen molar-refractivity contribution in [3.63, 3.8) is 0 Å². The second-order valence-electron chi connectivity index (χ2n) is 7.79. The van der Waals surface area contributed by atoms with Crippen LogP contribution in [0.4, 0.5) is 0 Å². The molecule has 2 aromatic rings. The zero-order valence-corrected chi connectivity index (χ0v) is 18.4. The first-order valence-electron chi connectivity index (χ1n) is 10.8. The first-order valence-corrected chi connectivity index (χ1v) is 10.8. The molecule has 3 heteroatoms. The summed E-state index contributed by atoms with van der Waals surface area (Å²) in [6.07, 6.45) is 6.50. The van der Waals surface area contributed by atoms with Gasteiger partial charge in [0.05, 0.1) is 12.2 Å². The van der Waals surface area contributed by atoms with Gasteiger partial charge in [-0.25, -0.2) is 0 Å². The van der Waals surface area contributed by atoms with Gasteiger partial charge in [-0.3, -0.25) is 0 Å². The molecule has 0 aliphatic carbocycles. The molecule has 0 radical (unpaired) electrons. The third-order valence-electron chi connectivity index (χ3n) is 5.89. The fourth-order valence-corrected chi connectivity index (χ4v) is 3.52. The molecule has 2 aromatic carbocycles. The minimum Gasteiger partial charge on any atom is -0.489 e. The van der Waals surface area contributed by atoms with E-state index in [4.69, 9.17) is 4.74 Å². The van der Waals surface area contributed by atoms with Gasteiger partial charge in [-0.05, 0) is 85.1 Å². The Morgan fingerprint density at radius 1 is 1.07 bits per heavy atom. The highest BCUT2D eigenvalue weighted by Crippen LogP contribution is 2.25. The summed E-state index contributed by atoms with van der Waals surface area (Å²) in [4.78, 5) is 0. The summed E-state index contributed by atoms with van der Waals surface area (Å²) < 4.78 is 5.95. The summed E-state index contributed by atoms with van der Waals surface area (Å²) in [5.74, 6) is 0.773. The zero-order valence-electron chi connectivity index (χ0n) is 18.4. The molecule has 0 aliphatic rings. The smallest absolute Gasteiger partial charge is 0.120 e. The van der Waals surface area contributed by atoms with Gasteiger partial charge in [-0.2, -0.15) is 0 Å². The average Bonchev–Trinajstić information content (AvgIpc) is 2.76. The van der Waals surface area contributed by atoms with Crippen LogP contribution in [0.3, 0.4) is 0 Å². The average molecular weight is 397 g/mol. The van der Waals surface area contributed by atoms with E-state index in [0.717, 1.165) is 54.5 Å². The summed E-state index contributed by atoms with van der Waals surface area (Å²) in [6, 6.07) is 14.3. The lowest BCUT2D eigenvalue weighted by molar-refractivity contribution is 0.0246. The molecule has 3 nitrogen and oxygen atoms in total. The van der Waals surface area contributed by atoms with Gasteiger partial charge in [0, 0.05) is 0 Å². The molecular weight excluding hydrogens is 360 g/mol. The molecule has 158 valence electrons. The van der Waals surface area contributed by atoms with Crippen molar-refractivity contribution < 1.29 is 14.9 Å². The normalized spacial score (nSPS) is 12.3. The molecule has 0 aliphatic heterocycles. The quantitative estimate of drug-likeness (QED) is 0.476. The van der Waals surface area contributed by atoms with Gasteiger partial charge in [-0.1, -0.05) is 51.1 Å². The summed E-state index contributed by atoms with van der Waals surface area (Å²) in [7, 11) is 0. The Balaban J connectivity index is 2.06. The van der Waals surface area contributed by atoms with Gasteiger partial charge in [0.1, 0.15) is 12.4 Å². The number of ether oxygens (including phenoxy) is 1. The number of aryl methyl sites for hydroxylation is 1. The van der Waals surface area contributed by atoms with Gasteiger partial charge in [0.2, 0.25) is 0 Å². The fourth-order valence-electron chi connectivity index (χ4n) is 3.52. The van der Waals surface area contributed by atoms with E-state index in [0.29, 0.717) is 6.61 Å². The monoisotopic (exact) mass is 396 g/mol. The number of allylic oxidation sites excluding steroid dienone is 2. The highest BCUT2D eigenvalue weighted by atomic mass is 16.5. The molecule has 0 amide bonds. The molecule has 0 fully saturated rings. The third kappa shape index (κ3) is 6.73. The summed E-state index contributed by atoms with van der Waals surface area (Å²) in [5, 5.41) is 19.9. The third-order valence-corrected chi connectivity index (χ3v) is 5.89. The van der Waals surface area contributed by atoms with Gasteiger partial charge in [-0.15, -0.1) is 0 Å². The molecule has 2 N–H and O–H groups in total. The Hall–Kier alpha value is -2.10. The highest BCUT2D eigenvalue weighted by Gasteiger charge is 2.20. The summed E-state index contributed by atoms with van der Waals surface area (Å²) in [6.45, 7) is 8.77. The Morgan fingerprint density at radius 2 is 1.83 bits per heavy atom. The van der Waals surface area contributed by atoms with E-state index in [2.05, 4.69) is 51.1 Å². The van der Waals surface area contributed by atoms with Crippen LogP contribution in [0, 0.1) is 6.92 Å². The highest BCUT2D eigenvalue weighted by molar-refractivity contribution is 5.65. The maximum absolute atomic E-state index is 10.5. The lowest BCUT2D eigenvalue weighted by Gasteiger charge is -2.24. The van der Waals surface area contributed by atoms with Gasteiger partial charge in [0.25, 0.3) is 0 Å². The van der Waals surface area contributed by atoms with Crippen molar-refractivity contribution in [3.8, 4) is 5.75 Å². The lowest BCUT2D eigenvalue weighted by atomic mass is 9.90. The fraction of sp³-hybridized carbons (Fsp3) is 0.462. The Labute approximate surface area is 176 Å². The maximum atomic E-state index is 10.5. The van der Waals surface area contributed by atoms with Crippen LogP contribution < -0.4 is 4.74 Å². The van der Waals surface area contributed by atoms with Crippen molar-refractivity contribution in [2.24, 2.45) is 0 Å². The second-order valence-corrected chi connectivity index (χ2v) is 7.79. The maximum Gasteiger partial charge on any atom is 0.120 e. The minimum atomic E-state index is -0.549. The molecule has 0 aromatic heterocycles. The van der Waals surface area contributed by atoms with Crippen molar-refractivity contribution in [2.75, 3.05) is 0 Å². The number of rotatable bonds is 11. The van der Waals surface area contributed by atoms with E-state index in [-0.39, 0.29) is 6.61 Å². The van der Waals surface area contributed by atoms with Crippen molar-refractivity contribution >= 4 is 5.57 Å². The SMILES string of the molecule is CCC(=CCCC(O)(CC)CC)c1cccc(COc2ccc(C)c(CO)c2)c1.